The second-order valence-electron chi connectivity index (χ2n) is 4.10. The number of unbranched alkanes of at least 4 members (excludes halogenated alkanes) is 1. The van der Waals surface area contributed by atoms with Crippen LogP contribution in [0.3, 0.4) is 0 Å². The van der Waals surface area contributed by atoms with Crippen molar-refractivity contribution in [1.82, 2.24) is 0 Å². The topological polar surface area (TPSA) is 65.0 Å². The van der Waals surface area contributed by atoms with E-state index in [-0.39, 0.29) is 0 Å². The first-order valence-corrected chi connectivity index (χ1v) is 6.23. The van der Waals surface area contributed by atoms with Crippen molar-refractivity contribution in [2.45, 2.75) is 32.3 Å². The Morgan fingerprint density at radius 3 is 2.47 bits per heavy atom. The monoisotopic (exact) mass is 268 g/mol. The molecular weight excluding hydrogens is 248 g/mol. The summed E-state index contributed by atoms with van der Waals surface area (Å²) in [7, 11) is 3.06. The van der Waals surface area contributed by atoms with Gasteiger partial charge in [0.15, 0.2) is 17.6 Å². The van der Waals surface area contributed by atoms with E-state index in [0.717, 1.165) is 12.8 Å². The van der Waals surface area contributed by atoms with Gasteiger partial charge in [0.25, 0.3) is 0 Å². The van der Waals surface area contributed by atoms with Crippen molar-refractivity contribution in [2.75, 3.05) is 14.2 Å². The van der Waals surface area contributed by atoms with Crippen molar-refractivity contribution >= 4 is 5.97 Å². The van der Waals surface area contributed by atoms with E-state index < -0.39 is 12.1 Å². The molecule has 106 valence electrons. The van der Waals surface area contributed by atoms with Crippen molar-refractivity contribution in [3.05, 3.63) is 18.2 Å². The summed E-state index contributed by atoms with van der Waals surface area (Å²) in [4.78, 5) is 11.1. The zero-order valence-corrected chi connectivity index (χ0v) is 11.5. The van der Waals surface area contributed by atoms with Crippen molar-refractivity contribution in [1.29, 1.82) is 0 Å². The van der Waals surface area contributed by atoms with E-state index in [1.165, 1.54) is 7.11 Å². The molecule has 0 saturated carbocycles. The Balaban J connectivity index is 2.81. The van der Waals surface area contributed by atoms with Gasteiger partial charge < -0.3 is 19.3 Å². The van der Waals surface area contributed by atoms with Crippen LogP contribution in [0.15, 0.2) is 18.2 Å². The molecule has 0 aromatic heterocycles. The molecule has 1 aromatic carbocycles. The van der Waals surface area contributed by atoms with Crippen LogP contribution in [0.1, 0.15) is 26.2 Å². The lowest BCUT2D eigenvalue weighted by molar-refractivity contribution is -0.145. The van der Waals surface area contributed by atoms with Crippen LogP contribution in [0.5, 0.6) is 17.2 Å². The fourth-order valence-corrected chi connectivity index (χ4v) is 1.68. The Kier molecular flexibility index (Phi) is 5.99. The maximum atomic E-state index is 11.1. The molecule has 0 amide bonds. The van der Waals surface area contributed by atoms with Gasteiger partial charge in [-0.25, -0.2) is 4.79 Å². The van der Waals surface area contributed by atoms with Gasteiger partial charge in [-0.1, -0.05) is 13.3 Å². The quantitative estimate of drug-likeness (QED) is 0.785. The van der Waals surface area contributed by atoms with Crippen LogP contribution in [0.2, 0.25) is 0 Å². The summed E-state index contributed by atoms with van der Waals surface area (Å²) >= 11 is 0. The van der Waals surface area contributed by atoms with Crippen LogP contribution < -0.4 is 14.2 Å². The molecule has 0 fully saturated rings. The molecule has 0 radical (unpaired) electrons. The Morgan fingerprint density at radius 1 is 1.26 bits per heavy atom. The number of aliphatic carboxylic acids is 1. The van der Waals surface area contributed by atoms with Crippen molar-refractivity contribution < 1.29 is 24.1 Å². The fourth-order valence-electron chi connectivity index (χ4n) is 1.68. The average Bonchev–Trinajstić information content (AvgIpc) is 2.42. The smallest absolute Gasteiger partial charge is 0.344 e. The first-order valence-electron chi connectivity index (χ1n) is 6.23. The summed E-state index contributed by atoms with van der Waals surface area (Å²) in [6, 6.07) is 4.98. The number of hydrogen-bond donors (Lipinski definition) is 1. The lowest BCUT2D eigenvalue weighted by Crippen LogP contribution is -2.26. The predicted molar refractivity (Wildman–Crippen MR) is 71.1 cm³/mol. The normalized spacial score (nSPS) is 11.7. The van der Waals surface area contributed by atoms with Crippen LogP contribution in [0.4, 0.5) is 0 Å². The first kappa shape index (κ1) is 15.1. The van der Waals surface area contributed by atoms with Gasteiger partial charge in [-0.15, -0.1) is 0 Å². The van der Waals surface area contributed by atoms with Crippen molar-refractivity contribution in [3.8, 4) is 17.2 Å². The summed E-state index contributed by atoms with van der Waals surface area (Å²) in [5.41, 5.74) is 0. The Hall–Kier alpha value is -1.91. The SMILES string of the molecule is CCCCC(Oc1ccc(OC)c(OC)c1)C(=O)O. The molecule has 0 aliphatic carbocycles. The molecule has 1 unspecified atom stereocenters. The molecular formula is C14H20O5. The molecule has 0 saturated heterocycles. The maximum Gasteiger partial charge on any atom is 0.344 e. The minimum absolute atomic E-state index is 0.459. The third-order valence-corrected chi connectivity index (χ3v) is 2.73. The van der Waals surface area contributed by atoms with E-state index in [9.17, 15) is 4.79 Å². The number of rotatable bonds is 8. The van der Waals surface area contributed by atoms with Gasteiger partial charge in [-0.05, 0) is 25.0 Å². The molecule has 0 heterocycles. The van der Waals surface area contributed by atoms with Gasteiger partial charge >= 0.3 is 5.97 Å². The van der Waals surface area contributed by atoms with Crippen molar-refractivity contribution in [2.24, 2.45) is 0 Å². The molecule has 0 spiro atoms. The number of benzene rings is 1. The van der Waals surface area contributed by atoms with Crippen LogP contribution in [-0.2, 0) is 4.79 Å². The molecule has 5 nitrogen and oxygen atoms in total. The van der Waals surface area contributed by atoms with Gasteiger partial charge in [0, 0.05) is 6.07 Å². The molecule has 1 atom stereocenters. The highest BCUT2D eigenvalue weighted by Crippen LogP contribution is 2.31. The van der Waals surface area contributed by atoms with E-state index in [2.05, 4.69) is 0 Å². The minimum Gasteiger partial charge on any atom is -0.493 e. The number of hydrogen-bond acceptors (Lipinski definition) is 4. The van der Waals surface area contributed by atoms with E-state index in [4.69, 9.17) is 19.3 Å². The highest BCUT2D eigenvalue weighted by molar-refractivity contribution is 5.72. The average molecular weight is 268 g/mol. The number of methoxy groups -OCH3 is 2. The third kappa shape index (κ3) is 4.35. The molecule has 0 bridgehead atoms. The van der Waals surface area contributed by atoms with E-state index in [1.807, 2.05) is 6.92 Å². The maximum absolute atomic E-state index is 11.1. The van der Waals surface area contributed by atoms with Gasteiger partial charge in [-0.3, -0.25) is 0 Å². The molecule has 19 heavy (non-hydrogen) atoms. The summed E-state index contributed by atoms with van der Waals surface area (Å²) in [5.74, 6) is 0.597. The zero-order valence-electron chi connectivity index (χ0n) is 11.5. The Labute approximate surface area is 113 Å². The van der Waals surface area contributed by atoms with Crippen LogP contribution in [-0.4, -0.2) is 31.4 Å². The van der Waals surface area contributed by atoms with Crippen molar-refractivity contribution in [3.63, 3.8) is 0 Å². The minimum atomic E-state index is -0.955. The standard InChI is InChI=1S/C14H20O5/c1-4-5-6-12(14(15)16)19-10-7-8-11(17-2)13(9-10)18-3/h7-9,12H,4-6H2,1-3H3,(H,15,16). The van der Waals surface area contributed by atoms with E-state index >= 15 is 0 Å². The molecule has 0 aliphatic rings. The van der Waals surface area contributed by atoms with Crippen LogP contribution >= 0.6 is 0 Å². The number of carboxylic acid groups (broad SMARTS) is 1. The lowest BCUT2D eigenvalue weighted by Gasteiger charge is -2.16. The van der Waals surface area contributed by atoms with Gasteiger partial charge in [0.1, 0.15) is 5.75 Å². The lowest BCUT2D eigenvalue weighted by atomic mass is 10.1. The molecule has 0 aliphatic heterocycles. The highest BCUT2D eigenvalue weighted by atomic mass is 16.5. The third-order valence-electron chi connectivity index (χ3n) is 2.73. The first-order chi connectivity index (χ1) is 9.12. The second-order valence-corrected chi connectivity index (χ2v) is 4.10. The Morgan fingerprint density at radius 2 is 1.95 bits per heavy atom. The van der Waals surface area contributed by atoms with Gasteiger partial charge in [-0.2, -0.15) is 0 Å². The summed E-state index contributed by atoms with van der Waals surface area (Å²) in [6.07, 6.45) is 1.39. The summed E-state index contributed by atoms with van der Waals surface area (Å²) in [6.45, 7) is 2.01. The summed E-state index contributed by atoms with van der Waals surface area (Å²) < 4.78 is 15.7. The predicted octanol–water partition coefficient (Wildman–Crippen LogP) is 2.73. The zero-order chi connectivity index (χ0) is 14.3. The number of carbonyl (C=O) groups is 1. The van der Waals surface area contributed by atoms with Gasteiger partial charge in [0.2, 0.25) is 0 Å². The molecule has 1 aromatic rings. The summed E-state index contributed by atoms with van der Waals surface area (Å²) in [5, 5.41) is 9.11. The Bertz CT molecular complexity index is 416. The molecule has 1 N–H and O–H groups in total. The van der Waals surface area contributed by atoms with Crippen LogP contribution in [0.25, 0.3) is 0 Å². The van der Waals surface area contributed by atoms with E-state index in [0.29, 0.717) is 23.7 Å². The number of ether oxygens (including phenoxy) is 3. The van der Waals surface area contributed by atoms with E-state index in [1.54, 1.807) is 25.3 Å². The highest BCUT2D eigenvalue weighted by Gasteiger charge is 2.19. The second kappa shape index (κ2) is 7.51. The molecule has 5 heteroatoms. The fraction of sp³-hybridized carbons (Fsp3) is 0.500. The number of carboxylic acids is 1. The largest absolute Gasteiger partial charge is 0.493 e. The molecule has 1 rings (SSSR count). The van der Waals surface area contributed by atoms with Crippen LogP contribution in [0, 0.1) is 0 Å². The van der Waals surface area contributed by atoms with Gasteiger partial charge in [0.05, 0.1) is 14.2 Å².